The van der Waals surface area contributed by atoms with Crippen LogP contribution in [-0.2, 0) is 16.0 Å². The number of likely N-dealkylation sites (tertiary alicyclic amines) is 1. The average Bonchev–Trinajstić information content (AvgIpc) is 2.80. The first kappa shape index (κ1) is 19.4. The molecule has 3 aliphatic heterocycles. The molecule has 3 aliphatic rings. The van der Waals surface area contributed by atoms with Gasteiger partial charge in [0.1, 0.15) is 5.60 Å². The van der Waals surface area contributed by atoms with Crippen LogP contribution >= 0.6 is 0 Å². The summed E-state index contributed by atoms with van der Waals surface area (Å²) in [5, 5.41) is 10.4. The van der Waals surface area contributed by atoms with Crippen molar-refractivity contribution in [2.24, 2.45) is 5.92 Å². The van der Waals surface area contributed by atoms with Gasteiger partial charge in [-0.2, -0.15) is 0 Å². The molecule has 0 bridgehead atoms. The van der Waals surface area contributed by atoms with Gasteiger partial charge in [-0.1, -0.05) is 42.5 Å². The lowest BCUT2D eigenvalue weighted by Crippen LogP contribution is -2.57. The van der Waals surface area contributed by atoms with E-state index < -0.39 is 0 Å². The molecule has 3 heterocycles. The molecule has 1 spiro atoms. The zero-order valence-electron chi connectivity index (χ0n) is 17.3. The Labute approximate surface area is 177 Å². The third-order valence-corrected chi connectivity index (χ3v) is 7.07. The molecular weight excluding hydrogens is 378 g/mol. The predicted molar refractivity (Wildman–Crippen MR) is 113 cm³/mol. The molecule has 2 aromatic carbocycles. The Morgan fingerprint density at radius 3 is 2.70 bits per heavy atom. The highest BCUT2D eigenvalue weighted by molar-refractivity contribution is 5.76. The van der Waals surface area contributed by atoms with Crippen LogP contribution in [-0.4, -0.2) is 41.2 Å². The molecule has 1 N–H and O–H groups in total. The molecule has 0 unspecified atom stereocenters. The number of carbonyl (C=O) groups is 1. The molecule has 30 heavy (non-hydrogen) atoms. The van der Waals surface area contributed by atoms with Gasteiger partial charge in [0, 0.05) is 50.4 Å². The maximum Gasteiger partial charge on any atom is 0.222 e. The predicted octanol–water partition coefficient (Wildman–Crippen LogP) is 4.25. The van der Waals surface area contributed by atoms with Crippen LogP contribution in [0.4, 0.5) is 0 Å². The number of rotatable bonds is 3. The second-order valence-electron chi connectivity index (χ2n) is 8.77. The van der Waals surface area contributed by atoms with Crippen molar-refractivity contribution >= 4 is 5.91 Å². The summed E-state index contributed by atoms with van der Waals surface area (Å²) in [4.78, 5) is 14.8. The van der Waals surface area contributed by atoms with Crippen molar-refractivity contribution in [1.82, 2.24) is 4.90 Å². The van der Waals surface area contributed by atoms with E-state index in [0.717, 1.165) is 44.3 Å². The quantitative estimate of drug-likeness (QED) is 0.827. The summed E-state index contributed by atoms with van der Waals surface area (Å²) in [5.74, 6) is 1.23. The van der Waals surface area contributed by atoms with Crippen LogP contribution in [0.5, 0.6) is 11.5 Å². The number of aromatic hydroxyl groups is 1. The number of piperidine rings is 1. The summed E-state index contributed by atoms with van der Waals surface area (Å²) in [5.41, 5.74) is 1.79. The minimum atomic E-state index is -0.368. The van der Waals surface area contributed by atoms with Gasteiger partial charge in [0.15, 0.2) is 11.5 Å². The lowest BCUT2D eigenvalue weighted by molar-refractivity contribution is -0.157. The van der Waals surface area contributed by atoms with Crippen molar-refractivity contribution in [2.45, 2.75) is 50.2 Å². The van der Waals surface area contributed by atoms with E-state index in [2.05, 4.69) is 12.1 Å². The molecule has 0 aliphatic carbocycles. The van der Waals surface area contributed by atoms with Crippen molar-refractivity contribution in [3.63, 3.8) is 0 Å². The second kappa shape index (κ2) is 7.95. The molecule has 158 valence electrons. The van der Waals surface area contributed by atoms with Crippen LogP contribution < -0.4 is 4.74 Å². The smallest absolute Gasteiger partial charge is 0.222 e. The average molecular weight is 408 g/mol. The van der Waals surface area contributed by atoms with Crippen LogP contribution in [0.25, 0.3) is 0 Å². The van der Waals surface area contributed by atoms with E-state index in [1.54, 1.807) is 6.07 Å². The largest absolute Gasteiger partial charge is 0.504 e. The van der Waals surface area contributed by atoms with Gasteiger partial charge in [0.25, 0.3) is 0 Å². The van der Waals surface area contributed by atoms with Gasteiger partial charge in [-0.15, -0.1) is 0 Å². The summed E-state index contributed by atoms with van der Waals surface area (Å²) in [6.07, 6.45) is 4.93. The molecular formula is C25H29NO4. The standard InChI is InChI=1S/C25H29NO4/c27-21-10-4-8-19-23-20(9-5-17-29-23)25(30-24(19)21)13-15-26(16-14-25)22(28)12-11-18-6-2-1-3-7-18/h1-4,6-8,10,20,23,27H,5,9,11-17H2/t20-,23+/m0/s1. The van der Waals surface area contributed by atoms with E-state index in [1.165, 1.54) is 5.56 Å². The van der Waals surface area contributed by atoms with Gasteiger partial charge >= 0.3 is 0 Å². The molecule has 0 radical (unpaired) electrons. The number of fused-ring (bicyclic) bond motifs is 4. The number of amides is 1. The Bertz CT molecular complexity index is 905. The van der Waals surface area contributed by atoms with Gasteiger partial charge in [-0.05, 0) is 30.9 Å². The van der Waals surface area contributed by atoms with Crippen LogP contribution in [0.15, 0.2) is 48.5 Å². The third kappa shape index (κ3) is 3.45. The first-order valence-electron chi connectivity index (χ1n) is 11.1. The first-order valence-corrected chi connectivity index (χ1v) is 11.1. The minimum absolute atomic E-state index is 0.0325. The Hall–Kier alpha value is -2.53. The third-order valence-electron chi connectivity index (χ3n) is 7.07. The fourth-order valence-corrected chi connectivity index (χ4v) is 5.44. The zero-order valence-corrected chi connectivity index (χ0v) is 17.3. The summed E-state index contributed by atoms with van der Waals surface area (Å²) in [6.45, 7) is 2.13. The van der Waals surface area contributed by atoms with Crippen molar-refractivity contribution in [3.8, 4) is 11.5 Å². The number of aryl methyl sites for hydroxylation is 1. The summed E-state index contributed by atoms with van der Waals surface area (Å²) >= 11 is 0. The number of nitrogens with zero attached hydrogens (tertiary/aromatic N) is 1. The Morgan fingerprint density at radius 1 is 1.10 bits per heavy atom. The molecule has 2 atom stereocenters. The fourth-order valence-electron chi connectivity index (χ4n) is 5.44. The maximum absolute atomic E-state index is 12.8. The highest BCUT2D eigenvalue weighted by atomic mass is 16.5. The van der Waals surface area contributed by atoms with E-state index in [0.29, 0.717) is 25.3 Å². The van der Waals surface area contributed by atoms with E-state index >= 15 is 0 Å². The first-order chi connectivity index (χ1) is 14.7. The summed E-state index contributed by atoms with van der Waals surface area (Å²) < 4.78 is 12.7. The van der Waals surface area contributed by atoms with Gasteiger partial charge in [-0.3, -0.25) is 4.79 Å². The monoisotopic (exact) mass is 407 g/mol. The SMILES string of the molecule is O=C(CCc1ccccc1)N1CCC2(CC1)Oc1c(O)cccc1[C@H]1OCCC[C@@H]12. The van der Waals surface area contributed by atoms with Gasteiger partial charge in [0.2, 0.25) is 5.91 Å². The molecule has 0 saturated carbocycles. The van der Waals surface area contributed by atoms with Gasteiger partial charge in [-0.25, -0.2) is 0 Å². The molecule has 5 rings (SSSR count). The normalized spacial score (nSPS) is 24.6. The number of phenols is 1. The topological polar surface area (TPSA) is 59.0 Å². The van der Waals surface area contributed by atoms with Crippen molar-refractivity contribution < 1.29 is 19.4 Å². The van der Waals surface area contributed by atoms with E-state index in [4.69, 9.17) is 9.47 Å². The fraction of sp³-hybridized carbons (Fsp3) is 0.480. The molecule has 2 fully saturated rings. The lowest BCUT2D eigenvalue weighted by Gasteiger charge is -2.53. The second-order valence-corrected chi connectivity index (χ2v) is 8.77. The number of carbonyl (C=O) groups excluding carboxylic acids is 1. The molecule has 2 aromatic rings. The van der Waals surface area contributed by atoms with Crippen LogP contribution in [0.1, 0.15) is 49.3 Å². The molecule has 5 heteroatoms. The number of ether oxygens (including phenoxy) is 2. The Balaban J connectivity index is 1.29. The summed E-state index contributed by atoms with van der Waals surface area (Å²) in [6, 6.07) is 15.7. The number of hydrogen-bond acceptors (Lipinski definition) is 4. The van der Waals surface area contributed by atoms with Crippen LogP contribution in [0.3, 0.4) is 0 Å². The molecule has 2 saturated heterocycles. The number of para-hydroxylation sites is 1. The van der Waals surface area contributed by atoms with E-state index in [-0.39, 0.29) is 29.3 Å². The number of hydrogen-bond donors (Lipinski definition) is 1. The lowest BCUT2D eigenvalue weighted by atomic mass is 9.70. The number of benzene rings is 2. The summed E-state index contributed by atoms with van der Waals surface area (Å²) in [7, 11) is 0. The molecule has 5 nitrogen and oxygen atoms in total. The van der Waals surface area contributed by atoms with Gasteiger partial charge < -0.3 is 19.5 Å². The van der Waals surface area contributed by atoms with Gasteiger partial charge in [0.05, 0.1) is 6.10 Å². The molecule has 1 amide bonds. The van der Waals surface area contributed by atoms with E-state index in [9.17, 15) is 9.90 Å². The van der Waals surface area contributed by atoms with Crippen molar-refractivity contribution in [2.75, 3.05) is 19.7 Å². The molecule has 0 aromatic heterocycles. The highest BCUT2D eigenvalue weighted by Crippen LogP contribution is 2.55. The van der Waals surface area contributed by atoms with E-state index in [1.807, 2.05) is 35.2 Å². The minimum Gasteiger partial charge on any atom is -0.504 e. The highest BCUT2D eigenvalue weighted by Gasteiger charge is 2.53. The van der Waals surface area contributed by atoms with Crippen molar-refractivity contribution in [1.29, 1.82) is 0 Å². The number of phenolic OH excluding ortho intramolecular Hbond substituents is 1. The Kier molecular flexibility index (Phi) is 5.15. The zero-order chi connectivity index (χ0) is 20.6. The van der Waals surface area contributed by atoms with Crippen LogP contribution in [0.2, 0.25) is 0 Å². The Morgan fingerprint density at radius 2 is 1.90 bits per heavy atom. The maximum atomic E-state index is 12.8. The van der Waals surface area contributed by atoms with Crippen LogP contribution in [0, 0.1) is 5.92 Å². The van der Waals surface area contributed by atoms with Crippen molar-refractivity contribution in [3.05, 3.63) is 59.7 Å².